The minimum absolute atomic E-state index is 0.0440. The van der Waals surface area contributed by atoms with Gasteiger partial charge in [0, 0.05) is 18.5 Å². The molecular weight excluding hydrogens is 437 g/mol. The van der Waals surface area contributed by atoms with Crippen LogP contribution in [0.25, 0.3) is 11.5 Å². The van der Waals surface area contributed by atoms with Gasteiger partial charge in [-0.3, -0.25) is 0 Å². The third-order valence-corrected chi connectivity index (χ3v) is 5.89. The molecule has 0 saturated heterocycles. The van der Waals surface area contributed by atoms with Gasteiger partial charge >= 0.3 is 12.1 Å². The summed E-state index contributed by atoms with van der Waals surface area (Å²) in [6.07, 6.45) is -3.00. The maximum Gasteiger partial charge on any atom is 0.416 e. The highest BCUT2D eigenvalue weighted by molar-refractivity contribution is 7.89. The fraction of sp³-hybridized carbons (Fsp3) is 0.200. The quantitative estimate of drug-likeness (QED) is 0.561. The van der Waals surface area contributed by atoms with E-state index in [0.717, 1.165) is 18.2 Å². The first-order valence-electron chi connectivity index (χ1n) is 8.93. The van der Waals surface area contributed by atoms with Crippen molar-refractivity contribution in [3.63, 3.8) is 0 Å². The molecular formula is C20H17F3N2O5S. The molecule has 0 amide bonds. The van der Waals surface area contributed by atoms with Crippen LogP contribution in [-0.4, -0.2) is 31.0 Å². The number of oxazole rings is 1. The number of nitrogens with zero attached hydrogens (tertiary/aromatic N) is 1. The highest BCUT2D eigenvalue weighted by atomic mass is 32.2. The van der Waals surface area contributed by atoms with E-state index in [4.69, 9.17) is 9.52 Å². The Morgan fingerprint density at radius 1 is 1.16 bits per heavy atom. The zero-order valence-electron chi connectivity index (χ0n) is 16.1. The molecule has 0 radical (unpaired) electrons. The van der Waals surface area contributed by atoms with Crippen LogP contribution in [0.2, 0.25) is 0 Å². The van der Waals surface area contributed by atoms with E-state index in [1.165, 1.54) is 30.5 Å². The van der Waals surface area contributed by atoms with Gasteiger partial charge in [0.1, 0.15) is 6.26 Å². The molecule has 164 valence electrons. The van der Waals surface area contributed by atoms with Crippen molar-refractivity contribution >= 4 is 16.0 Å². The number of carbonyl (C=O) groups is 1. The molecule has 31 heavy (non-hydrogen) atoms. The van der Waals surface area contributed by atoms with E-state index in [1.54, 1.807) is 6.92 Å². The summed E-state index contributed by atoms with van der Waals surface area (Å²) in [5.41, 5.74) is 0.276. The number of halogens is 3. The number of aryl methyl sites for hydroxylation is 1. The molecule has 0 spiro atoms. The van der Waals surface area contributed by atoms with Crippen LogP contribution in [0.1, 0.15) is 27.2 Å². The highest BCUT2D eigenvalue weighted by Crippen LogP contribution is 2.30. The second kappa shape index (κ2) is 8.52. The van der Waals surface area contributed by atoms with Crippen LogP contribution in [-0.2, 0) is 22.6 Å². The molecule has 3 rings (SSSR count). The van der Waals surface area contributed by atoms with Crippen molar-refractivity contribution in [1.29, 1.82) is 0 Å². The van der Waals surface area contributed by atoms with Crippen molar-refractivity contribution in [2.24, 2.45) is 0 Å². The second-order valence-corrected chi connectivity index (χ2v) is 8.42. The Balaban J connectivity index is 1.65. The Morgan fingerprint density at radius 3 is 2.45 bits per heavy atom. The number of aromatic carboxylic acids is 1. The molecule has 0 aliphatic rings. The first-order chi connectivity index (χ1) is 14.5. The number of aromatic nitrogens is 1. The minimum Gasteiger partial charge on any atom is -0.478 e. The van der Waals surface area contributed by atoms with Gasteiger partial charge in [-0.25, -0.2) is 22.9 Å². The maximum absolute atomic E-state index is 12.6. The number of benzene rings is 2. The second-order valence-electron chi connectivity index (χ2n) is 6.65. The number of rotatable bonds is 7. The van der Waals surface area contributed by atoms with Gasteiger partial charge in [0.2, 0.25) is 15.9 Å². The number of sulfonamides is 1. The molecule has 0 saturated carbocycles. The molecule has 2 N–H and O–H groups in total. The van der Waals surface area contributed by atoms with Crippen LogP contribution in [0.4, 0.5) is 13.2 Å². The van der Waals surface area contributed by atoms with Crippen molar-refractivity contribution in [2.45, 2.75) is 24.4 Å². The fourth-order valence-corrected chi connectivity index (χ4v) is 3.81. The van der Waals surface area contributed by atoms with E-state index in [0.29, 0.717) is 16.8 Å². The first-order valence-corrected chi connectivity index (χ1v) is 10.4. The topological polar surface area (TPSA) is 110 Å². The van der Waals surface area contributed by atoms with Crippen molar-refractivity contribution in [3.8, 4) is 11.5 Å². The molecule has 0 aliphatic carbocycles. The van der Waals surface area contributed by atoms with Gasteiger partial charge in [-0.2, -0.15) is 13.2 Å². The zero-order chi connectivity index (χ0) is 22.8. The number of nitrogens with one attached hydrogen (secondary N) is 1. The third kappa shape index (κ3) is 5.30. The Kier molecular flexibility index (Phi) is 6.18. The molecule has 0 bridgehead atoms. The largest absolute Gasteiger partial charge is 0.478 e. The van der Waals surface area contributed by atoms with E-state index in [9.17, 15) is 26.4 Å². The molecule has 0 atom stereocenters. The van der Waals surface area contributed by atoms with Crippen molar-refractivity contribution < 1.29 is 35.9 Å². The van der Waals surface area contributed by atoms with Gasteiger partial charge in [0.15, 0.2) is 0 Å². The summed E-state index contributed by atoms with van der Waals surface area (Å²) in [6.45, 7) is 1.52. The van der Waals surface area contributed by atoms with Gasteiger partial charge in [0.25, 0.3) is 0 Å². The van der Waals surface area contributed by atoms with Gasteiger partial charge < -0.3 is 9.52 Å². The summed E-state index contributed by atoms with van der Waals surface area (Å²) in [4.78, 5) is 15.2. The van der Waals surface area contributed by atoms with E-state index < -0.39 is 27.7 Å². The lowest BCUT2D eigenvalue weighted by Gasteiger charge is -2.08. The normalized spacial score (nSPS) is 12.1. The predicted molar refractivity (Wildman–Crippen MR) is 104 cm³/mol. The van der Waals surface area contributed by atoms with Crippen molar-refractivity contribution in [1.82, 2.24) is 9.71 Å². The Bertz CT molecular complexity index is 1200. The van der Waals surface area contributed by atoms with E-state index in [2.05, 4.69) is 9.71 Å². The highest BCUT2D eigenvalue weighted by Gasteiger charge is 2.30. The lowest BCUT2D eigenvalue weighted by atomic mass is 10.1. The molecule has 1 aromatic heterocycles. The molecule has 1 heterocycles. The van der Waals surface area contributed by atoms with E-state index in [-0.39, 0.29) is 29.3 Å². The first kappa shape index (κ1) is 22.5. The minimum atomic E-state index is -4.44. The predicted octanol–water partition coefficient (Wildman–Crippen LogP) is 3.89. The average molecular weight is 454 g/mol. The summed E-state index contributed by atoms with van der Waals surface area (Å²) < 4.78 is 70.4. The summed E-state index contributed by atoms with van der Waals surface area (Å²) in [5, 5.41) is 9.14. The summed E-state index contributed by atoms with van der Waals surface area (Å²) in [7, 11) is -3.95. The van der Waals surface area contributed by atoms with Crippen molar-refractivity contribution in [2.75, 3.05) is 6.54 Å². The lowest BCUT2D eigenvalue weighted by Crippen LogP contribution is -2.26. The zero-order valence-corrected chi connectivity index (χ0v) is 16.9. The fourth-order valence-electron chi connectivity index (χ4n) is 2.75. The maximum atomic E-state index is 12.6. The van der Waals surface area contributed by atoms with E-state index in [1.807, 2.05) is 0 Å². The van der Waals surface area contributed by atoms with Crippen LogP contribution in [0, 0.1) is 6.92 Å². The molecule has 0 unspecified atom stereocenters. The molecule has 7 nitrogen and oxygen atoms in total. The number of carboxylic acid groups (broad SMARTS) is 1. The van der Waals surface area contributed by atoms with Gasteiger partial charge in [-0.05, 0) is 48.9 Å². The Hall–Kier alpha value is -3.18. The van der Waals surface area contributed by atoms with Crippen molar-refractivity contribution in [3.05, 3.63) is 71.1 Å². The number of hydrogen-bond acceptors (Lipinski definition) is 5. The summed E-state index contributed by atoms with van der Waals surface area (Å²) in [5.74, 6) is -1.12. The standard InChI is InChI=1S/C20H17F3N2O5S/c1-12-2-7-16(10-17(12)19(26)27)31(28,29)24-9-8-15-11-30-18(25-15)13-3-5-14(6-4-13)20(21,22)23/h2-7,10-11,24H,8-9H2,1H3,(H,26,27). The van der Waals surface area contributed by atoms with Crippen LogP contribution in [0.5, 0.6) is 0 Å². The van der Waals surface area contributed by atoms with Gasteiger partial charge in [-0.1, -0.05) is 6.07 Å². The molecule has 2 aromatic carbocycles. The van der Waals surface area contributed by atoms with Gasteiger partial charge in [-0.15, -0.1) is 0 Å². The summed E-state index contributed by atoms with van der Waals surface area (Å²) in [6, 6.07) is 8.10. The van der Waals surface area contributed by atoms with Crippen LogP contribution < -0.4 is 4.72 Å². The third-order valence-electron chi connectivity index (χ3n) is 4.43. The Labute approximate surface area is 175 Å². The summed E-state index contributed by atoms with van der Waals surface area (Å²) >= 11 is 0. The molecule has 11 heteroatoms. The SMILES string of the molecule is Cc1ccc(S(=O)(=O)NCCc2coc(-c3ccc(C(F)(F)F)cc3)n2)cc1C(=O)O. The van der Waals surface area contributed by atoms with Gasteiger partial charge in [0.05, 0.1) is 21.7 Å². The smallest absolute Gasteiger partial charge is 0.416 e. The molecule has 0 aliphatic heterocycles. The van der Waals surface area contributed by atoms with Crippen LogP contribution >= 0.6 is 0 Å². The van der Waals surface area contributed by atoms with E-state index >= 15 is 0 Å². The molecule has 0 fully saturated rings. The van der Waals surface area contributed by atoms with Crippen LogP contribution in [0.3, 0.4) is 0 Å². The monoisotopic (exact) mass is 454 g/mol. The average Bonchev–Trinajstić information content (AvgIpc) is 3.16. The molecule has 3 aromatic rings. The number of carboxylic acids is 1. The lowest BCUT2D eigenvalue weighted by molar-refractivity contribution is -0.137. The number of alkyl halides is 3. The number of hydrogen-bond donors (Lipinski definition) is 2. The van der Waals surface area contributed by atoms with Crippen LogP contribution in [0.15, 0.2) is 58.0 Å². The Morgan fingerprint density at radius 2 is 1.84 bits per heavy atom.